The highest BCUT2D eigenvalue weighted by Crippen LogP contribution is 2.49. The molecule has 1 aliphatic carbocycles. The molecule has 5 heteroatoms. The van der Waals surface area contributed by atoms with Crippen LogP contribution in [0.15, 0.2) is 0 Å². The SMILES string of the molecule is CCOC1CC(N)(C(=O)NCCCC(C)C)C1(C)C.Cl. The summed E-state index contributed by atoms with van der Waals surface area (Å²) < 4.78 is 5.64. The summed E-state index contributed by atoms with van der Waals surface area (Å²) in [5.41, 5.74) is 5.21. The summed E-state index contributed by atoms with van der Waals surface area (Å²) in [6, 6.07) is 0. The number of ether oxygens (including phenoxy) is 1. The molecule has 0 aromatic rings. The maximum Gasteiger partial charge on any atom is 0.240 e. The van der Waals surface area contributed by atoms with Gasteiger partial charge in [-0.05, 0) is 25.7 Å². The molecule has 0 bridgehead atoms. The fourth-order valence-electron chi connectivity index (χ4n) is 2.69. The predicted octanol–water partition coefficient (Wildman–Crippen LogP) is 2.49. The molecule has 1 amide bonds. The number of halogens is 1. The van der Waals surface area contributed by atoms with Crippen LogP contribution in [0.2, 0.25) is 0 Å². The Morgan fingerprint density at radius 1 is 1.45 bits per heavy atom. The van der Waals surface area contributed by atoms with Gasteiger partial charge in [0, 0.05) is 25.0 Å². The second-order valence-corrected chi connectivity index (χ2v) is 6.63. The summed E-state index contributed by atoms with van der Waals surface area (Å²) in [7, 11) is 0. The van der Waals surface area contributed by atoms with Crippen LogP contribution in [0, 0.1) is 11.3 Å². The van der Waals surface area contributed by atoms with Crippen molar-refractivity contribution >= 4 is 18.3 Å². The summed E-state index contributed by atoms with van der Waals surface area (Å²) in [4.78, 5) is 12.3. The lowest BCUT2D eigenvalue weighted by atomic mass is 9.54. The van der Waals surface area contributed by atoms with Crippen LogP contribution in [0.4, 0.5) is 0 Å². The highest BCUT2D eigenvalue weighted by molar-refractivity contribution is 5.88. The monoisotopic (exact) mass is 306 g/mol. The number of nitrogens with two attached hydrogens (primary N) is 1. The number of nitrogens with one attached hydrogen (secondary N) is 1. The van der Waals surface area contributed by atoms with Gasteiger partial charge in [0.25, 0.3) is 0 Å². The quantitative estimate of drug-likeness (QED) is 0.710. The first-order chi connectivity index (χ1) is 8.75. The third kappa shape index (κ3) is 3.86. The Kier molecular flexibility index (Phi) is 7.50. The van der Waals surface area contributed by atoms with Gasteiger partial charge in [0.1, 0.15) is 5.54 Å². The van der Waals surface area contributed by atoms with E-state index in [0.717, 1.165) is 12.8 Å². The molecule has 0 radical (unpaired) electrons. The minimum Gasteiger partial charge on any atom is -0.378 e. The van der Waals surface area contributed by atoms with Crippen molar-refractivity contribution in [2.24, 2.45) is 17.1 Å². The van der Waals surface area contributed by atoms with Crippen molar-refractivity contribution in [2.45, 2.75) is 65.5 Å². The fourth-order valence-corrected chi connectivity index (χ4v) is 2.69. The standard InChI is InChI=1S/C15H30N2O2.ClH/c1-6-19-12-10-15(16,14(12,4)5)13(18)17-9-7-8-11(2)3;/h11-12H,6-10,16H2,1-5H3,(H,17,18);1H. The van der Waals surface area contributed by atoms with E-state index in [-0.39, 0.29) is 29.8 Å². The van der Waals surface area contributed by atoms with E-state index in [2.05, 4.69) is 19.2 Å². The molecule has 120 valence electrons. The van der Waals surface area contributed by atoms with Crippen molar-refractivity contribution < 1.29 is 9.53 Å². The van der Waals surface area contributed by atoms with Gasteiger partial charge in [0.05, 0.1) is 6.10 Å². The molecule has 0 aliphatic heterocycles. The van der Waals surface area contributed by atoms with Crippen LogP contribution in [-0.2, 0) is 9.53 Å². The van der Waals surface area contributed by atoms with E-state index in [1.165, 1.54) is 0 Å². The average molecular weight is 307 g/mol. The van der Waals surface area contributed by atoms with Gasteiger partial charge in [0.15, 0.2) is 0 Å². The van der Waals surface area contributed by atoms with Gasteiger partial charge >= 0.3 is 0 Å². The van der Waals surface area contributed by atoms with Gasteiger partial charge in [-0.2, -0.15) is 0 Å². The molecule has 4 nitrogen and oxygen atoms in total. The van der Waals surface area contributed by atoms with Crippen molar-refractivity contribution in [3.05, 3.63) is 0 Å². The molecule has 1 rings (SSSR count). The molecular formula is C15H31ClN2O2. The molecule has 0 aromatic carbocycles. The lowest BCUT2D eigenvalue weighted by Gasteiger charge is -2.57. The number of carbonyl (C=O) groups excluding carboxylic acids is 1. The van der Waals surface area contributed by atoms with E-state index in [4.69, 9.17) is 10.5 Å². The minimum atomic E-state index is -0.787. The Morgan fingerprint density at radius 2 is 2.05 bits per heavy atom. The molecule has 1 fully saturated rings. The number of rotatable bonds is 7. The zero-order valence-corrected chi connectivity index (χ0v) is 14.3. The largest absolute Gasteiger partial charge is 0.378 e. The Hall–Kier alpha value is -0.320. The summed E-state index contributed by atoms with van der Waals surface area (Å²) >= 11 is 0. The molecule has 0 spiro atoms. The van der Waals surface area contributed by atoms with Crippen LogP contribution in [-0.4, -0.2) is 30.7 Å². The number of hydrogen-bond acceptors (Lipinski definition) is 3. The second kappa shape index (κ2) is 7.62. The van der Waals surface area contributed by atoms with Crippen molar-refractivity contribution in [1.29, 1.82) is 0 Å². The van der Waals surface area contributed by atoms with Gasteiger partial charge in [-0.15, -0.1) is 12.4 Å². The topological polar surface area (TPSA) is 64.3 Å². The Labute approximate surface area is 129 Å². The zero-order chi connectivity index (χ0) is 14.7. The van der Waals surface area contributed by atoms with Crippen LogP contribution >= 0.6 is 12.4 Å². The third-order valence-electron chi connectivity index (χ3n) is 4.48. The molecule has 20 heavy (non-hydrogen) atoms. The number of carbonyl (C=O) groups is 1. The molecule has 0 heterocycles. The van der Waals surface area contributed by atoms with Crippen LogP contribution in [0.5, 0.6) is 0 Å². The lowest BCUT2D eigenvalue weighted by Crippen LogP contribution is -2.75. The first kappa shape index (κ1) is 19.7. The molecule has 1 saturated carbocycles. The molecule has 1 aliphatic rings. The summed E-state index contributed by atoms with van der Waals surface area (Å²) in [6.07, 6.45) is 2.84. The van der Waals surface area contributed by atoms with Crippen LogP contribution in [0.25, 0.3) is 0 Å². The Bertz CT molecular complexity index is 321. The molecule has 0 aromatic heterocycles. The molecule has 2 unspecified atom stereocenters. The summed E-state index contributed by atoms with van der Waals surface area (Å²) in [5, 5.41) is 2.98. The lowest BCUT2D eigenvalue weighted by molar-refractivity contribution is -0.170. The number of amides is 1. The first-order valence-electron chi connectivity index (χ1n) is 7.44. The maximum absolute atomic E-state index is 12.3. The van der Waals surface area contributed by atoms with Crippen molar-refractivity contribution in [1.82, 2.24) is 5.32 Å². The van der Waals surface area contributed by atoms with Crippen molar-refractivity contribution in [3.8, 4) is 0 Å². The maximum atomic E-state index is 12.3. The average Bonchev–Trinajstić information content (AvgIpc) is 2.33. The summed E-state index contributed by atoms with van der Waals surface area (Å²) in [5.74, 6) is 0.642. The Morgan fingerprint density at radius 3 is 2.50 bits per heavy atom. The van der Waals surface area contributed by atoms with Gasteiger partial charge < -0.3 is 15.8 Å². The highest BCUT2D eigenvalue weighted by Gasteiger charge is 2.62. The fraction of sp³-hybridized carbons (Fsp3) is 0.933. The van der Waals surface area contributed by atoms with Crippen molar-refractivity contribution in [2.75, 3.05) is 13.2 Å². The van der Waals surface area contributed by atoms with Gasteiger partial charge in [-0.3, -0.25) is 4.79 Å². The zero-order valence-electron chi connectivity index (χ0n) is 13.5. The van der Waals surface area contributed by atoms with E-state index in [9.17, 15) is 4.79 Å². The number of hydrogen-bond donors (Lipinski definition) is 2. The van der Waals surface area contributed by atoms with E-state index in [0.29, 0.717) is 25.5 Å². The van der Waals surface area contributed by atoms with Gasteiger partial charge in [-0.25, -0.2) is 0 Å². The molecular weight excluding hydrogens is 276 g/mol. The van der Waals surface area contributed by atoms with Crippen LogP contribution in [0.3, 0.4) is 0 Å². The van der Waals surface area contributed by atoms with E-state index < -0.39 is 5.54 Å². The predicted molar refractivity (Wildman–Crippen MR) is 85.1 cm³/mol. The van der Waals surface area contributed by atoms with Gasteiger partial charge in [-0.1, -0.05) is 27.7 Å². The van der Waals surface area contributed by atoms with Crippen LogP contribution < -0.4 is 11.1 Å². The molecule has 3 N–H and O–H groups in total. The van der Waals surface area contributed by atoms with E-state index in [1.807, 2.05) is 20.8 Å². The smallest absolute Gasteiger partial charge is 0.240 e. The second-order valence-electron chi connectivity index (χ2n) is 6.63. The highest BCUT2D eigenvalue weighted by atomic mass is 35.5. The van der Waals surface area contributed by atoms with Gasteiger partial charge in [0.2, 0.25) is 5.91 Å². The van der Waals surface area contributed by atoms with Crippen LogP contribution in [0.1, 0.15) is 53.9 Å². The minimum absolute atomic E-state index is 0. The van der Waals surface area contributed by atoms with E-state index >= 15 is 0 Å². The normalized spacial score (nSPS) is 27.6. The first-order valence-corrected chi connectivity index (χ1v) is 7.44. The molecule has 2 atom stereocenters. The third-order valence-corrected chi connectivity index (χ3v) is 4.48. The van der Waals surface area contributed by atoms with E-state index in [1.54, 1.807) is 0 Å². The molecule has 0 saturated heterocycles. The Balaban J connectivity index is 0.00000361. The summed E-state index contributed by atoms with van der Waals surface area (Å²) in [6.45, 7) is 11.8. The van der Waals surface area contributed by atoms with Crippen molar-refractivity contribution in [3.63, 3.8) is 0 Å².